The van der Waals surface area contributed by atoms with Crippen LogP contribution in [-0.4, -0.2) is 0 Å². The molecule has 0 nitrogen and oxygen atoms in total. The van der Waals surface area contributed by atoms with Gasteiger partial charge in [0.2, 0.25) is 0 Å². The predicted octanol–water partition coefficient (Wildman–Crippen LogP) is 2.67. The van der Waals surface area contributed by atoms with E-state index in [2.05, 4.69) is 26.8 Å². The van der Waals surface area contributed by atoms with Crippen LogP contribution < -0.4 is 0 Å². The van der Waals surface area contributed by atoms with Crippen molar-refractivity contribution < 1.29 is 32.7 Å². The molecule has 0 aromatic rings. The van der Waals surface area contributed by atoms with Gasteiger partial charge in [-0.1, -0.05) is 17.2 Å². The van der Waals surface area contributed by atoms with Gasteiger partial charge < -0.3 is 0 Å². The second-order valence-electron chi connectivity index (χ2n) is 2.50. The summed E-state index contributed by atoms with van der Waals surface area (Å²) in [6.07, 6.45) is 3.46. The summed E-state index contributed by atoms with van der Waals surface area (Å²) >= 11 is 0. The van der Waals surface area contributed by atoms with Crippen LogP contribution in [0.4, 0.5) is 0 Å². The molecular formula is C8H12Y. The molecule has 1 aliphatic rings. The maximum absolute atomic E-state index is 2.28. The fourth-order valence-electron chi connectivity index (χ4n) is 0.949. The van der Waals surface area contributed by atoms with Gasteiger partial charge in [0.1, 0.15) is 0 Å². The fourth-order valence-corrected chi connectivity index (χ4v) is 0.949. The summed E-state index contributed by atoms with van der Waals surface area (Å²) in [5.41, 5.74) is 4.48. The molecular weight excluding hydrogens is 185 g/mol. The Morgan fingerprint density at radius 1 is 1.22 bits per heavy atom. The molecule has 0 atom stereocenters. The van der Waals surface area contributed by atoms with Crippen molar-refractivity contribution in [1.29, 1.82) is 0 Å². The normalized spacial score (nSPS) is 17.4. The van der Waals surface area contributed by atoms with E-state index in [1.807, 2.05) is 0 Å². The van der Waals surface area contributed by atoms with Crippen molar-refractivity contribution in [2.24, 2.45) is 0 Å². The van der Waals surface area contributed by atoms with E-state index in [1.54, 1.807) is 0 Å². The minimum absolute atomic E-state index is 0. The number of rotatable bonds is 0. The Hall–Kier alpha value is 0.584. The molecule has 0 aromatic carbocycles. The van der Waals surface area contributed by atoms with Gasteiger partial charge in [-0.05, 0) is 32.8 Å². The van der Waals surface area contributed by atoms with Gasteiger partial charge in [-0.3, -0.25) is 0 Å². The quantitative estimate of drug-likeness (QED) is 0.560. The van der Waals surface area contributed by atoms with Gasteiger partial charge in [-0.2, -0.15) is 0 Å². The van der Waals surface area contributed by atoms with Crippen LogP contribution in [0.15, 0.2) is 22.8 Å². The van der Waals surface area contributed by atoms with Gasteiger partial charge in [-0.25, -0.2) is 0 Å². The Labute approximate surface area is 82.3 Å². The maximum atomic E-state index is 2.28. The first-order chi connectivity index (χ1) is 3.72. The second-order valence-corrected chi connectivity index (χ2v) is 2.50. The van der Waals surface area contributed by atoms with Crippen LogP contribution in [-0.2, 0) is 32.7 Å². The minimum Gasteiger partial charge on any atom is -0.0773 e. The van der Waals surface area contributed by atoms with Gasteiger partial charge in [-0.15, -0.1) is 0 Å². The molecule has 0 heterocycles. The summed E-state index contributed by atoms with van der Waals surface area (Å²) < 4.78 is 0. The standard InChI is InChI=1S/C8H12.Y/c1-6-4-5-7(2)8(6)3;/h4H,5H2,1-3H3;. The summed E-state index contributed by atoms with van der Waals surface area (Å²) in [4.78, 5) is 0. The topological polar surface area (TPSA) is 0 Å². The largest absolute Gasteiger partial charge is 0.0773 e. The molecule has 0 aromatic heterocycles. The first-order valence-electron chi connectivity index (χ1n) is 3.05. The zero-order valence-corrected chi connectivity index (χ0v) is 9.20. The van der Waals surface area contributed by atoms with Gasteiger partial charge in [0.25, 0.3) is 0 Å². The van der Waals surface area contributed by atoms with Crippen molar-refractivity contribution in [2.45, 2.75) is 27.2 Å². The summed E-state index contributed by atoms with van der Waals surface area (Å²) in [5.74, 6) is 0. The Balaban J connectivity index is 0.000000640. The number of hydrogen-bond donors (Lipinski definition) is 0. The molecule has 1 rings (SSSR count). The van der Waals surface area contributed by atoms with E-state index in [1.165, 1.54) is 23.1 Å². The third kappa shape index (κ3) is 2.02. The number of allylic oxidation sites excluding steroid dienone is 4. The molecule has 0 saturated carbocycles. The summed E-state index contributed by atoms with van der Waals surface area (Å²) in [7, 11) is 0. The maximum Gasteiger partial charge on any atom is 0 e. The Kier molecular flexibility index (Phi) is 3.92. The Morgan fingerprint density at radius 2 is 1.78 bits per heavy atom. The monoisotopic (exact) mass is 197 g/mol. The van der Waals surface area contributed by atoms with E-state index in [4.69, 9.17) is 0 Å². The molecule has 0 fully saturated rings. The van der Waals surface area contributed by atoms with E-state index in [-0.39, 0.29) is 32.7 Å². The second kappa shape index (κ2) is 3.68. The average molecular weight is 197 g/mol. The third-order valence-electron chi connectivity index (χ3n) is 1.95. The Morgan fingerprint density at radius 3 is 1.89 bits per heavy atom. The van der Waals surface area contributed by atoms with Crippen LogP contribution in [0.2, 0.25) is 0 Å². The zero-order valence-electron chi connectivity index (χ0n) is 6.36. The van der Waals surface area contributed by atoms with Crippen LogP contribution in [0.3, 0.4) is 0 Å². The van der Waals surface area contributed by atoms with Gasteiger partial charge in [0.15, 0.2) is 0 Å². The SMILES string of the molecule is CC1=CCC(C)=C1C.[Y]. The molecule has 1 radical (unpaired) electrons. The van der Waals surface area contributed by atoms with E-state index in [0.717, 1.165) is 0 Å². The van der Waals surface area contributed by atoms with Crippen molar-refractivity contribution >= 4 is 0 Å². The summed E-state index contributed by atoms with van der Waals surface area (Å²) in [5, 5.41) is 0. The summed E-state index contributed by atoms with van der Waals surface area (Å²) in [6.45, 7) is 6.56. The molecule has 47 valence electrons. The molecule has 0 N–H and O–H groups in total. The Bertz CT molecular complexity index is 158. The molecule has 1 aliphatic carbocycles. The first-order valence-corrected chi connectivity index (χ1v) is 3.05. The molecule has 0 spiro atoms. The van der Waals surface area contributed by atoms with Gasteiger partial charge in [0, 0.05) is 32.7 Å². The molecule has 0 aliphatic heterocycles. The molecule has 0 bridgehead atoms. The van der Waals surface area contributed by atoms with Crippen LogP contribution >= 0.6 is 0 Å². The van der Waals surface area contributed by atoms with Crippen LogP contribution in [0.5, 0.6) is 0 Å². The van der Waals surface area contributed by atoms with E-state index in [0.29, 0.717) is 0 Å². The van der Waals surface area contributed by atoms with E-state index in [9.17, 15) is 0 Å². The average Bonchev–Trinajstić information content (AvgIpc) is 1.98. The van der Waals surface area contributed by atoms with Crippen molar-refractivity contribution in [3.05, 3.63) is 22.8 Å². The van der Waals surface area contributed by atoms with Crippen molar-refractivity contribution in [2.75, 3.05) is 0 Å². The molecule has 0 unspecified atom stereocenters. The molecule has 0 saturated heterocycles. The van der Waals surface area contributed by atoms with Crippen molar-refractivity contribution in [3.63, 3.8) is 0 Å². The zero-order chi connectivity index (χ0) is 6.15. The van der Waals surface area contributed by atoms with Gasteiger partial charge >= 0.3 is 0 Å². The predicted molar refractivity (Wildman–Crippen MR) is 36.7 cm³/mol. The first kappa shape index (κ1) is 9.58. The number of hydrogen-bond acceptors (Lipinski definition) is 0. The fraction of sp³-hybridized carbons (Fsp3) is 0.500. The van der Waals surface area contributed by atoms with E-state index < -0.39 is 0 Å². The molecule has 9 heavy (non-hydrogen) atoms. The van der Waals surface area contributed by atoms with Crippen LogP contribution in [0, 0.1) is 0 Å². The van der Waals surface area contributed by atoms with Gasteiger partial charge in [0.05, 0.1) is 0 Å². The van der Waals surface area contributed by atoms with Crippen molar-refractivity contribution in [1.82, 2.24) is 0 Å². The van der Waals surface area contributed by atoms with E-state index >= 15 is 0 Å². The van der Waals surface area contributed by atoms with Crippen LogP contribution in [0.25, 0.3) is 0 Å². The minimum atomic E-state index is 0. The van der Waals surface area contributed by atoms with Crippen molar-refractivity contribution in [3.8, 4) is 0 Å². The smallest absolute Gasteiger partial charge is 0 e. The molecule has 0 amide bonds. The summed E-state index contributed by atoms with van der Waals surface area (Å²) in [6, 6.07) is 0. The molecule has 1 heteroatoms. The third-order valence-corrected chi connectivity index (χ3v) is 1.95. The van der Waals surface area contributed by atoms with Crippen LogP contribution in [0.1, 0.15) is 27.2 Å².